The van der Waals surface area contributed by atoms with Gasteiger partial charge in [0.2, 0.25) is 0 Å². The number of benzene rings is 19. The van der Waals surface area contributed by atoms with Gasteiger partial charge in [0.25, 0.3) is 0 Å². The standard InChI is InChI=1S/C60H40N2.C52H34N2/c1-5-17-41(18-6-1)46-33-47(42-19-7-2-8-20-42)35-48(34-46)45-29-31-51(32-30-45)61-57-27-15-13-25-53(57)55-40-60-56(39-59(55)61)54-26-14-16-28-58(54)62(60)52-37-49(43-21-9-3-10-22-43)36-50(38-52)44-23-11-4-12-24-44;1-4-16-35(17-5-1)38-30-39(36-18-6-2-7-19-36)32-40(31-38)53-48-26-14-12-24-44(48)46-34-52-47(33-51(46)53)45-25-13-15-27-49(45)54(52)50-29-28-41(37-20-8-3-9-21-37)42-22-10-11-23-43(42)50/h1-40H;1-34H. The summed E-state index contributed by atoms with van der Waals surface area (Å²) in [5, 5.41) is 12.4. The molecule has 0 saturated carbocycles. The molecule has 542 valence electrons. The quantitative estimate of drug-likeness (QED) is 0.116. The van der Waals surface area contributed by atoms with Crippen LogP contribution in [0.2, 0.25) is 0 Å². The second-order valence-electron chi connectivity index (χ2n) is 30.3. The highest BCUT2D eigenvalue weighted by molar-refractivity contribution is 6.21. The lowest BCUT2D eigenvalue weighted by Crippen LogP contribution is -1.97. The Morgan fingerprint density at radius 2 is 0.345 bits per heavy atom. The molecule has 0 aliphatic rings. The van der Waals surface area contributed by atoms with Gasteiger partial charge in [-0.05, 0) is 216 Å². The van der Waals surface area contributed by atoms with E-state index < -0.39 is 0 Å². The number of hydrogen-bond donors (Lipinski definition) is 0. The van der Waals surface area contributed by atoms with Crippen LogP contribution < -0.4 is 0 Å². The molecular formula is C112H74N4. The summed E-state index contributed by atoms with van der Waals surface area (Å²) in [6.07, 6.45) is 0. The lowest BCUT2D eigenvalue weighted by Gasteiger charge is -2.15. The third-order valence-corrected chi connectivity index (χ3v) is 23.5. The first-order chi connectivity index (χ1) is 57.5. The van der Waals surface area contributed by atoms with Crippen LogP contribution in [-0.4, -0.2) is 18.3 Å². The van der Waals surface area contributed by atoms with Gasteiger partial charge < -0.3 is 18.3 Å². The minimum atomic E-state index is 1.13. The van der Waals surface area contributed by atoms with Crippen LogP contribution >= 0.6 is 0 Å². The molecular weight excluding hydrogens is 1400 g/mol. The van der Waals surface area contributed by atoms with E-state index in [1.165, 1.54) is 193 Å². The van der Waals surface area contributed by atoms with E-state index in [9.17, 15) is 0 Å². The predicted octanol–water partition coefficient (Wildman–Crippen LogP) is 30.3. The van der Waals surface area contributed by atoms with E-state index in [1.54, 1.807) is 0 Å². The number of aromatic nitrogens is 4. The van der Waals surface area contributed by atoms with E-state index in [0.29, 0.717) is 0 Å². The Hall–Kier alpha value is -15.4. The Labute approximate surface area is 672 Å². The second-order valence-corrected chi connectivity index (χ2v) is 30.3. The molecule has 0 N–H and O–H groups in total. The van der Waals surface area contributed by atoms with Crippen molar-refractivity contribution in [1.82, 2.24) is 18.3 Å². The van der Waals surface area contributed by atoms with Crippen molar-refractivity contribution in [2.24, 2.45) is 0 Å². The van der Waals surface area contributed by atoms with Crippen LogP contribution in [0.1, 0.15) is 0 Å². The predicted molar refractivity (Wildman–Crippen MR) is 491 cm³/mol. The van der Waals surface area contributed by atoms with Crippen LogP contribution in [0.15, 0.2) is 449 Å². The zero-order valence-electron chi connectivity index (χ0n) is 63.5. The maximum Gasteiger partial charge on any atom is 0.0549 e. The van der Waals surface area contributed by atoms with Crippen LogP contribution in [0.3, 0.4) is 0 Å². The van der Waals surface area contributed by atoms with E-state index >= 15 is 0 Å². The fraction of sp³-hybridized carbons (Fsp3) is 0. The average Bonchev–Trinajstić information content (AvgIpc) is 1.56. The highest BCUT2D eigenvalue weighted by atomic mass is 15.0. The van der Waals surface area contributed by atoms with Crippen LogP contribution in [0.25, 0.3) is 210 Å². The monoisotopic (exact) mass is 1470 g/mol. The van der Waals surface area contributed by atoms with Gasteiger partial charge >= 0.3 is 0 Å². The Morgan fingerprint density at radius 1 is 0.112 bits per heavy atom. The lowest BCUT2D eigenvalue weighted by molar-refractivity contribution is 1.17. The molecule has 23 rings (SSSR count). The van der Waals surface area contributed by atoms with Crippen LogP contribution in [0, 0.1) is 0 Å². The third-order valence-electron chi connectivity index (χ3n) is 23.5. The summed E-state index contributed by atoms with van der Waals surface area (Å²) >= 11 is 0. The molecule has 4 nitrogen and oxygen atoms in total. The molecule has 0 fully saturated rings. The molecule has 4 aromatic heterocycles. The van der Waals surface area contributed by atoms with Crippen LogP contribution in [-0.2, 0) is 0 Å². The molecule has 0 bridgehead atoms. The largest absolute Gasteiger partial charge is 0.309 e. The maximum absolute atomic E-state index is 2.48. The molecule has 0 aliphatic heterocycles. The second kappa shape index (κ2) is 28.4. The molecule has 116 heavy (non-hydrogen) atoms. The first-order valence-corrected chi connectivity index (χ1v) is 39.9. The Morgan fingerprint density at radius 3 is 0.664 bits per heavy atom. The molecule has 4 heterocycles. The van der Waals surface area contributed by atoms with Crippen molar-refractivity contribution in [1.29, 1.82) is 0 Å². The van der Waals surface area contributed by atoms with Gasteiger partial charge in [-0.25, -0.2) is 0 Å². The molecule has 19 aromatic carbocycles. The number of nitrogens with zero attached hydrogens (tertiary/aromatic N) is 4. The highest BCUT2D eigenvalue weighted by Gasteiger charge is 2.24. The van der Waals surface area contributed by atoms with Gasteiger partial charge in [0.05, 0.1) is 49.8 Å². The van der Waals surface area contributed by atoms with Crippen molar-refractivity contribution >= 4 is 98.0 Å². The first kappa shape index (κ1) is 67.5. The molecule has 4 heteroatoms. The number of rotatable bonds is 12. The van der Waals surface area contributed by atoms with Gasteiger partial charge in [0, 0.05) is 65.5 Å². The van der Waals surface area contributed by atoms with E-state index in [4.69, 9.17) is 0 Å². The van der Waals surface area contributed by atoms with Crippen molar-refractivity contribution in [3.05, 3.63) is 449 Å². The van der Waals surface area contributed by atoms with Crippen molar-refractivity contribution < 1.29 is 0 Å². The van der Waals surface area contributed by atoms with E-state index in [1.807, 2.05) is 0 Å². The molecule has 0 unspecified atom stereocenters. The van der Waals surface area contributed by atoms with Gasteiger partial charge in [0.1, 0.15) is 0 Å². The first-order valence-electron chi connectivity index (χ1n) is 39.9. The Kier molecular flexibility index (Phi) is 16.6. The smallest absolute Gasteiger partial charge is 0.0549 e. The normalized spacial score (nSPS) is 11.6. The minimum absolute atomic E-state index is 1.13. The fourth-order valence-electron chi connectivity index (χ4n) is 18.2. The number of para-hydroxylation sites is 4. The van der Waals surface area contributed by atoms with Gasteiger partial charge in [-0.3, -0.25) is 0 Å². The summed E-state index contributed by atoms with van der Waals surface area (Å²) in [6, 6.07) is 164. The van der Waals surface area contributed by atoms with Crippen molar-refractivity contribution in [3.63, 3.8) is 0 Å². The zero-order valence-corrected chi connectivity index (χ0v) is 63.5. The Balaban J connectivity index is 0.000000142. The average molecular weight is 1480 g/mol. The summed E-state index contributed by atoms with van der Waals surface area (Å²) in [7, 11) is 0. The zero-order chi connectivity index (χ0) is 76.6. The van der Waals surface area contributed by atoms with Gasteiger partial charge in [-0.1, -0.05) is 328 Å². The summed E-state index contributed by atoms with van der Waals surface area (Å²) in [5.74, 6) is 0. The molecule has 0 amide bonds. The summed E-state index contributed by atoms with van der Waals surface area (Å²) in [6.45, 7) is 0. The molecule has 0 aliphatic carbocycles. The maximum atomic E-state index is 2.48. The van der Waals surface area contributed by atoms with Gasteiger partial charge in [-0.2, -0.15) is 0 Å². The number of fused-ring (bicyclic) bond motifs is 13. The van der Waals surface area contributed by atoms with E-state index in [-0.39, 0.29) is 0 Å². The summed E-state index contributed by atoms with van der Waals surface area (Å²) in [5.41, 5.74) is 33.4. The van der Waals surface area contributed by atoms with Crippen molar-refractivity contribution in [2.45, 2.75) is 0 Å². The minimum Gasteiger partial charge on any atom is -0.309 e. The SMILES string of the molecule is c1ccc(-c2cc(-c3ccccc3)cc(-c3ccc(-n4c5ccccc5c5cc6c(cc54)c4ccccc4n6-c4cc(-c5ccccc5)cc(-c5ccccc5)c4)cc3)c2)cc1.c1ccc(-c2cc(-c3ccccc3)cc(-n3c4ccccc4c4cc5c(cc43)c3ccccc3n5-c3ccc(-c4ccccc4)c4ccccc34)c2)cc1. The fourth-order valence-corrected chi connectivity index (χ4v) is 18.2. The van der Waals surface area contributed by atoms with Crippen LogP contribution in [0.5, 0.6) is 0 Å². The lowest BCUT2D eigenvalue weighted by atomic mass is 9.93. The van der Waals surface area contributed by atoms with Gasteiger partial charge in [0.15, 0.2) is 0 Å². The van der Waals surface area contributed by atoms with Crippen molar-refractivity contribution in [2.75, 3.05) is 0 Å². The number of hydrogen-bond acceptors (Lipinski definition) is 0. The molecule has 0 atom stereocenters. The van der Waals surface area contributed by atoms with Gasteiger partial charge in [-0.15, -0.1) is 0 Å². The summed E-state index contributed by atoms with van der Waals surface area (Å²) in [4.78, 5) is 0. The molecule has 0 spiro atoms. The third kappa shape index (κ3) is 11.8. The Bertz CT molecular complexity index is 7510. The topological polar surface area (TPSA) is 19.7 Å². The highest BCUT2D eigenvalue weighted by Crippen LogP contribution is 2.46. The van der Waals surface area contributed by atoms with E-state index in [2.05, 4.69) is 467 Å². The molecule has 23 aromatic rings. The molecule has 0 radical (unpaired) electrons. The summed E-state index contributed by atoms with van der Waals surface area (Å²) < 4.78 is 9.87. The van der Waals surface area contributed by atoms with Crippen molar-refractivity contribution in [3.8, 4) is 112 Å². The van der Waals surface area contributed by atoms with E-state index in [0.717, 1.165) is 17.1 Å². The molecule has 0 saturated heterocycles. The van der Waals surface area contributed by atoms with Crippen LogP contribution in [0.4, 0.5) is 0 Å².